The Labute approximate surface area is 136 Å². The summed E-state index contributed by atoms with van der Waals surface area (Å²) in [6, 6.07) is 16.2. The molecule has 2 aromatic carbocycles. The Kier molecular flexibility index (Phi) is 5.43. The molecule has 0 saturated heterocycles. The van der Waals surface area contributed by atoms with Crippen molar-refractivity contribution in [1.82, 2.24) is 0 Å². The third kappa shape index (κ3) is 4.26. The third-order valence-corrected chi connectivity index (χ3v) is 3.34. The van der Waals surface area contributed by atoms with Crippen molar-refractivity contribution in [2.45, 2.75) is 6.92 Å². The van der Waals surface area contributed by atoms with Gasteiger partial charge in [-0.1, -0.05) is 39.3 Å². The number of nitrogens with zero attached hydrogens (tertiary/aromatic N) is 2. The Hall–Kier alpha value is -2.47. The fourth-order valence-electron chi connectivity index (χ4n) is 1.76. The maximum atomic E-state index is 12.1. The summed E-state index contributed by atoms with van der Waals surface area (Å²) in [6.45, 7) is 1.61. The second-order valence-electron chi connectivity index (χ2n) is 4.44. The number of nitrogens with one attached hydrogen (secondary N) is 1. The zero-order valence-corrected chi connectivity index (χ0v) is 13.4. The van der Waals surface area contributed by atoms with Gasteiger partial charge in [-0.2, -0.15) is 0 Å². The number of hydrogen-bond donors (Lipinski definition) is 2. The average Bonchev–Trinajstić information content (AvgIpc) is 2.51. The first-order valence-electron chi connectivity index (χ1n) is 6.50. The molecule has 0 saturated carbocycles. The first kappa shape index (κ1) is 15.9. The van der Waals surface area contributed by atoms with E-state index >= 15 is 0 Å². The van der Waals surface area contributed by atoms with Crippen molar-refractivity contribution in [1.29, 1.82) is 0 Å². The molecule has 0 atom stereocenters. The number of halogens is 1. The minimum atomic E-state index is -0.521. The van der Waals surface area contributed by atoms with Gasteiger partial charge in [-0.3, -0.25) is 9.79 Å². The summed E-state index contributed by atoms with van der Waals surface area (Å²) in [7, 11) is 0. The normalized spacial score (nSPS) is 12.1. The van der Waals surface area contributed by atoms with Crippen molar-refractivity contribution >= 4 is 44.6 Å². The highest BCUT2D eigenvalue weighted by Gasteiger charge is 2.16. The fourth-order valence-corrected chi connectivity index (χ4v) is 2.02. The van der Waals surface area contributed by atoms with E-state index in [0.29, 0.717) is 17.1 Å². The predicted octanol–water partition coefficient (Wildman–Crippen LogP) is 4.01. The van der Waals surface area contributed by atoms with Gasteiger partial charge in [0.2, 0.25) is 0 Å². The summed E-state index contributed by atoms with van der Waals surface area (Å²) >= 11 is 3.34. The number of carbonyl (C=O) groups is 1. The largest absolute Gasteiger partial charge is 0.410 e. The van der Waals surface area contributed by atoms with Crippen molar-refractivity contribution < 1.29 is 10.0 Å². The van der Waals surface area contributed by atoms with E-state index in [1.54, 1.807) is 43.3 Å². The molecule has 0 aliphatic heterocycles. The van der Waals surface area contributed by atoms with Gasteiger partial charge in [0, 0.05) is 10.2 Å². The first-order valence-corrected chi connectivity index (χ1v) is 7.29. The van der Waals surface area contributed by atoms with E-state index < -0.39 is 5.91 Å². The second-order valence-corrected chi connectivity index (χ2v) is 5.36. The maximum absolute atomic E-state index is 12.1. The van der Waals surface area contributed by atoms with E-state index in [4.69, 9.17) is 5.21 Å². The monoisotopic (exact) mass is 359 g/mol. The van der Waals surface area contributed by atoms with Crippen LogP contribution in [0.4, 0.5) is 11.4 Å². The lowest BCUT2D eigenvalue weighted by Crippen LogP contribution is -2.28. The predicted molar refractivity (Wildman–Crippen MR) is 91.2 cm³/mol. The molecule has 0 bridgehead atoms. The van der Waals surface area contributed by atoms with Gasteiger partial charge in [0.05, 0.1) is 11.4 Å². The van der Waals surface area contributed by atoms with Crippen molar-refractivity contribution in [2.75, 3.05) is 5.32 Å². The average molecular weight is 360 g/mol. The van der Waals surface area contributed by atoms with Crippen LogP contribution in [0.1, 0.15) is 6.92 Å². The molecule has 2 aromatic rings. The van der Waals surface area contributed by atoms with Crippen molar-refractivity contribution in [3.63, 3.8) is 0 Å². The number of benzene rings is 2. The van der Waals surface area contributed by atoms with E-state index in [0.717, 1.165) is 4.47 Å². The lowest BCUT2D eigenvalue weighted by atomic mass is 10.2. The van der Waals surface area contributed by atoms with Gasteiger partial charge in [-0.15, -0.1) is 0 Å². The van der Waals surface area contributed by atoms with E-state index in [9.17, 15) is 4.79 Å². The highest BCUT2D eigenvalue weighted by atomic mass is 79.9. The van der Waals surface area contributed by atoms with Crippen LogP contribution < -0.4 is 5.32 Å². The van der Waals surface area contributed by atoms with Gasteiger partial charge in [0.25, 0.3) is 5.91 Å². The quantitative estimate of drug-likeness (QED) is 0.491. The van der Waals surface area contributed by atoms with Gasteiger partial charge in [0.1, 0.15) is 0 Å². The molecule has 0 unspecified atom stereocenters. The second kappa shape index (κ2) is 7.51. The highest BCUT2D eigenvalue weighted by molar-refractivity contribution is 9.10. The van der Waals surface area contributed by atoms with Gasteiger partial charge in [-0.05, 0) is 43.3 Å². The summed E-state index contributed by atoms with van der Waals surface area (Å²) in [5.41, 5.74) is 1.46. The minimum Gasteiger partial charge on any atom is -0.410 e. The zero-order chi connectivity index (χ0) is 15.9. The molecule has 2 N–H and O–H groups in total. The fraction of sp³-hybridized carbons (Fsp3) is 0.0625. The molecule has 1 amide bonds. The van der Waals surface area contributed by atoms with Crippen LogP contribution >= 0.6 is 15.9 Å². The van der Waals surface area contributed by atoms with E-state index in [-0.39, 0.29) is 5.71 Å². The van der Waals surface area contributed by atoms with E-state index in [1.807, 2.05) is 18.2 Å². The summed E-state index contributed by atoms with van der Waals surface area (Å²) in [6.07, 6.45) is 0. The molecule has 0 aliphatic rings. The Morgan fingerprint density at radius 1 is 1.09 bits per heavy atom. The standard InChI is InChI=1S/C16H14BrN3O2/c1-11(18-14-9-7-12(17)8-10-14)15(20-22)16(21)19-13-5-3-2-4-6-13/h2-10,22H,1H3,(H,19,21)/b18-11?,20-15+. The number of hydrogen-bond acceptors (Lipinski definition) is 4. The topological polar surface area (TPSA) is 74.0 Å². The van der Waals surface area contributed by atoms with E-state index in [1.165, 1.54) is 0 Å². The van der Waals surface area contributed by atoms with E-state index in [2.05, 4.69) is 31.4 Å². The molecule has 0 spiro atoms. The number of oxime groups is 1. The smallest absolute Gasteiger partial charge is 0.279 e. The Morgan fingerprint density at radius 3 is 2.32 bits per heavy atom. The van der Waals surface area contributed by atoms with Gasteiger partial charge < -0.3 is 10.5 Å². The van der Waals surface area contributed by atoms with Gasteiger partial charge in [-0.25, -0.2) is 0 Å². The molecule has 5 nitrogen and oxygen atoms in total. The van der Waals surface area contributed by atoms with Crippen molar-refractivity contribution in [3.8, 4) is 0 Å². The van der Waals surface area contributed by atoms with Crippen LogP contribution in [0.25, 0.3) is 0 Å². The number of aliphatic imine (C=N–C) groups is 1. The van der Waals surface area contributed by atoms with Crippen molar-refractivity contribution in [2.24, 2.45) is 10.1 Å². The lowest BCUT2D eigenvalue weighted by Gasteiger charge is -2.06. The number of carbonyl (C=O) groups excluding carboxylic acids is 1. The molecule has 0 radical (unpaired) electrons. The highest BCUT2D eigenvalue weighted by Crippen LogP contribution is 2.17. The SMILES string of the molecule is CC(=Nc1ccc(Br)cc1)/C(=N\O)C(=O)Nc1ccccc1. The summed E-state index contributed by atoms with van der Waals surface area (Å²) in [5.74, 6) is -0.521. The molecule has 22 heavy (non-hydrogen) atoms. The number of anilines is 1. The summed E-state index contributed by atoms with van der Waals surface area (Å²) in [4.78, 5) is 16.4. The maximum Gasteiger partial charge on any atom is 0.279 e. The molecule has 0 heterocycles. The molecule has 0 aliphatic carbocycles. The van der Waals surface area contributed by atoms with Crippen LogP contribution in [0.15, 0.2) is 69.2 Å². The number of para-hydroxylation sites is 1. The van der Waals surface area contributed by atoms with Crippen LogP contribution in [-0.4, -0.2) is 22.5 Å². The van der Waals surface area contributed by atoms with Crippen LogP contribution in [0.2, 0.25) is 0 Å². The van der Waals surface area contributed by atoms with Crippen molar-refractivity contribution in [3.05, 3.63) is 59.1 Å². The third-order valence-electron chi connectivity index (χ3n) is 2.81. The Balaban J connectivity index is 2.16. The molecular weight excluding hydrogens is 346 g/mol. The molecule has 112 valence electrons. The van der Waals surface area contributed by atoms with Crippen LogP contribution in [0.5, 0.6) is 0 Å². The Bertz CT molecular complexity index is 710. The lowest BCUT2D eigenvalue weighted by molar-refractivity contribution is -0.110. The number of rotatable bonds is 4. The molecule has 0 aromatic heterocycles. The van der Waals surface area contributed by atoms with Gasteiger partial charge in [0.15, 0.2) is 5.71 Å². The Morgan fingerprint density at radius 2 is 1.73 bits per heavy atom. The number of amides is 1. The van der Waals surface area contributed by atoms with Crippen LogP contribution in [-0.2, 0) is 4.79 Å². The van der Waals surface area contributed by atoms with Gasteiger partial charge >= 0.3 is 0 Å². The minimum absolute atomic E-state index is 0.133. The zero-order valence-electron chi connectivity index (χ0n) is 11.8. The van der Waals surface area contributed by atoms with Crippen LogP contribution in [0.3, 0.4) is 0 Å². The first-order chi connectivity index (χ1) is 10.6. The molecular formula is C16H14BrN3O2. The summed E-state index contributed by atoms with van der Waals surface area (Å²) in [5, 5.41) is 14.8. The van der Waals surface area contributed by atoms with Crippen LogP contribution in [0, 0.1) is 0 Å². The molecule has 6 heteroatoms. The molecule has 2 rings (SSSR count). The molecule has 0 fully saturated rings. The summed E-state index contributed by atoms with van der Waals surface area (Å²) < 4.78 is 0.932.